The number of nitriles is 2. The average Bonchev–Trinajstić information content (AvgIpc) is 3.92. The molecule has 4 aliphatic heterocycles. The molecular formula is C48H49BrCl2N10. The number of rotatable bonds is 5. The molecule has 10 nitrogen and oxygen atoms in total. The minimum absolute atomic E-state index is 0.308. The van der Waals surface area contributed by atoms with Crippen LogP contribution in [0, 0.1) is 48.3 Å². The van der Waals surface area contributed by atoms with Gasteiger partial charge in [0, 0.05) is 85.3 Å². The Balaban J connectivity index is 0.000000141. The topological polar surface area (TPSA) is 121 Å². The Morgan fingerprint density at radius 3 is 1.80 bits per heavy atom. The van der Waals surface area contributed by atoms with Crippen molar-refractivity contribution in [1.82, 2.24) is 25.3 Å². The lowest BCUT2D eigenvalue weighted by Gasteiger charge is -2.33. The molecule has 2 atom stereocenters. The average molecular weight is 917 g/mol. The van der Waals surface area contributed by atoms with E-state index in [9.17, 15) is 0 Å². The maximum absolute atomic E-state index is 9.12. The fraction of sp³-hybridized carbons (Fsp3) is 0.375. The molecule has 0 spiro atoms. The second-order valence-corrected chi connectivity index (χ2v) is 18.0. The van der Waals surface area contributed by atoms with E-state index in [1.54, 1.807) is 0 Å². The summed E-state index contributed by atoms with van der Waals surface area (Å²) in [6, 6.07) is 30.2. The zero-order valence-electron chi connectivity index (χ0n) is 34.6. The Bertz CT molecular complexity index is 2600. The summed E-state index contributed by atoms with van der Waals surface area (Å²) in [4.78, 5) is 24.9. The van der Waals surface area contributed by atoms with Crippen LogP contribution < -0.4 is 20.0 Å². The van der Waals surface area contributed by atoms with Gasteiger partial charge in [-0.25, -0.2) is 19.9 Å². The van der Waals surface area contributed by atoms with Crippen LogP contribution in [-0.2, 0) is 26.2 Å². The van der Waals surface area contributed by atoms with Crippen molar-refractivity contribution in [1.29, 1.82) is 10.5 Å². The van der Waals surface area contributed by atoms with Gasteiger partial charge in [0.1, 0.15) is 11.6 Å². The van der Waals surface area contributed by atoms with Gasteiger partial charge in [0.2, 0.25) is 10.6 Å². The summed E-state index contributed by atoms with van der Waals surface area (Å²) in [6.07, 6.45) is 5.63. The number of hydrogen-bond donors (Lipinski definition) is 1. The highest BCUT2D eigenvalue weighted by molar-refractivity contribution is 9.10. The molecule has 4 aliphatic rings. The molecule has 312 valence electrons. The lowest BCUT2D eigenvalue weighted by molar-refractivity contribution is 0.419. The monoisotopic (exact) mass is 914 g/mol. The van der Waals surface area contributed by atoms with Crippen molar-refractivity contribution in [2.45, 2.75) is 78.6 Å². The lowest BCUT2D eigenvalue weighted by Crippen LogP contribution is -2.36. The van der Waals surface area contributed by atoms with Crippen molar-refractivity contribution < 1.29 is 0 Å². The first-order valence-corrected chi connectivity index (χ1v) is 22.7. The van der Waals surface area contributed by atoms with Crippen molar-refractivity contribution in [2.75, 3.05) is 40.9 Å². The molecule has 13 heteroatoms. The molecule has 2 saturated heterocycles. The molecule has 2 aromatic heterocycles. The predicted molar refractivity (Wildman–Crippen MR) is 250 cm³/mol. The summed E-state index contributed by atoms with van der Waals surface area (Å²) in [6.45, 7) is 11.1. The van der Waals surface area contributed by atoms with Crippen LogP contribution in [0.4, 0.5) is 17.3 Å². The van der Waals surface area contributed by atoms with E-state index in [0.29, 0.717) is 35.2 Å². The first kappa shape index (κ1) is 42.6. The molecule has 0 radical (unpaired) electrons. The summed E-state index contributed by atoms with van der Waals surface area (Å²) < 4.78 is 1.18. The molecule has 0 unspecified atom stereocenters. The fourth-order valence-corrected chi connectivity index (χ4v) is 10.4. The number of piperidine rings is 2. The number of benzene rings is 4. The first-order chi connectivity index (χ1) is 29.7. The van der Waals surface area contributed by atoms with Gasteiger partial charge in [-0.1, -0.05) is 76.6 Å². The van der Waals surface area contributed by atoms with Crippen LogP contribution in [0.25, 0.3) is 21.5 Å². The van der Waals surface area contributed by atoms with Crippen molar-refractivity contribution in [3.05, 3.63) is 121 Å². The highest BCUT2D eigenvalue weighted by Crippen LogP contribution is 2.39. The molecule has 61 heavy (non-hydrogen) atoms. The molecule has 2 fully saturated rings. The third kappa shape index (κ3) is 9.56. The highest BCUT2D eigenvalue weighted by atomic mass is 79.9. The zero-order valence-corrected chi connectivity index (χ0v) is 37.7. The van der Waals surface area contributed by atoms with E-state index in [4.69, 9.17) is 33.7 Å². The molecule has 0 bridgehead atoms. The highest BCUT2D eigenvalue weighted by Gasteiger charge is 2.31. The van der Waals surface area contributed by atoms with Gasteiger partial charge in [-0.15, -0.1) is 0 Å². The Morgan fingerprint density at radius 2 is 1.20 bits per heavy atom. The standard InChI is InChI=1S/C24H24ClN5.C13H16ClN5.C11H9Br/c1-16-5-2-7-18-8-3-9-21(22(16)18)30-14-19-20(15-30)27-24(25)28-23(19)29-12-4-6-17(13-29)10-11-26;14-13-17-11-7-16-6-10(11)12(18-13)19-5-1-2-9(8-19)3-4-15;1-8-4-2-5-9-6-3-7-10(12)11(8)9/h2-3,5,7-9,17H,4,6,10,12-15H2,1H3;9,16H,1-3,5-8H2;2-7H,1H3/t17-;9-;/m00./s1. The van der Waals surface area contributed by atoms with Crippen LogP contribution in [0.1, 0.15) is 72.2 Å². The summed E-state index contributed by atoms with van der Waals surface area (Å²) in [5, 5.41) is 27.0. The number of hydrogen-bond acceptors (Lipinski definition) is 10. The van der Waals surface area contributed by atoms with E-state index in [0.717, 1.165) is 101 Å². The molecule has 6 heterocycles. The number of nitrogens with one attached hydrogen (secondary N) is 1. The van der Waals surface area contributed by atoms with Crippen LogP contribution in [0.5, 0.6) is 0 Å². The van der Waals surface area contributed by atoms with Gasteiger partial charge in [-0.2, -0.15) is 10.5 Å². The van der Waals surface area contributed by atoms with Crippen LogP contribution in [0.3, 0.4) is 0 Å². The molecule has 0 saturated carbocycles. The molecule has 0 aliphatic carbocycles. The van der Waals surface area contributed by atoms with Crippen molar-refractivity contribution in [2.24, 2.45) is 11.8 Å². The van der Waals surface area contributed by atoms with Gasteiger partial charge in [0.15, 0.2) is 0 Å². The predicted octanol–water partition coefficient (Wildman–Crippen LogP) is 11.0. The van der Waals surface area contributed by atoms with Gasteiger partial charge in [0.05, 0.1) is 30.1 Å². The van der Waals surface area contributed by atoms with Crippen LogP contribution in [-0.4, -0.2) is 46.1 Å². The van der Waals surface area contributed by atoms with E-state index < -0.39 is 0 Å². The molecule has 6 aromatic rings. The quantitative estimate of drug-likeness (QED) is 0.167. The smallest absolute Gasteiger partial charge is 0.224 e. The Hall–Kier alpha value is -5.04. The van der Waals surface area contributed by atoms with Crippen molar-refractivity contribution in [3.63, 3.8) is 0 Å². The Kier molecular flexibility index (Phi) is 13.5. The third-order valence-corrected chi connectivity index (χ3v) is 13.3. The minimum atomic E-state index is 0.308. The van der Waals surface area contributed by atoms with E-state index in [2.05, 4.69) is 155 Å². The van der Waals surface area contributed by atoms with Crippen LogP contribution in [0.15, 0.2) is 77.3 Å². The number of aromatic nitrogens is 4. The first-order valence-electron chi connectivity index (χ1n) is 21.1. The summed E-state index contributed by atoms with van der Waals surface area (Å²) in [7, 11) is 0. The van der Waals surface area contributed by atoms with Crippen LogP contribution in [0.2, 0.25) is 10.6 Å². The number of anilines is 3. The second-order valence-electron chi connectivity index (χ2n) is 16.4. The van der Waals surface area contributed by atoms with Crippen molar-refractivity contribution in [3.8, 4) is 12.1 Å². The van der Waals surface area contributed by atoms with Gasteiger partial charge in [-0.05, 0) is 114 Å². The lowest BCUT2D eigenvalue weighted by atomic mass is 9.95. The molecule has 1 N–H and O–H groups in total. The van der Waals surface area contributed by atoms with E-state index in [1.165, 1.54) is 54.0 Å². The second kappa shape index (κ2) is 19.3. The number of halogens is 3. The third-order valence-electron chi connectivity index (χ3n) is 12.3. The maximum Gasteiger partial charge on any atom is 0.224 e. The summed E-state index contributed by atoms with van der Waals surface area (Å²) in [5.74, 6) is 2.75. The van der Waals surface area contributed by atoms with Gasteiger partial charge >= 0.3 is 0 Å². The summed E-state index contributed by atoms with van der Waals surface area (Å²) in [5.41, 5.74) is 8.19. The largest absolute Gasteiger partial charge is 0.361 e. The molecule has 4 aromatic carbocycles. The number of nitrogens with zero attached hydrogens (tertiary/aromatic N) is 9. The van der Waals surface area contributed by atoms with Gasteiger partial charge in [0.25, 0.3) is 0 Å². The van der Waals surface area contributed by atoms with E-state index >= 15 is 0 Å². The van der Waals surface area contributed by atoms with E-state index in [1.807, 2.05) is 0 Å². The minimum Gasteiger partial charge on any atom is -0.361 e. The van der Waals surface area contributed by atoms with Gasteiger partial charge < -0.3 is 20.0 Å². The van der Waals surface area contributed by atoms with E-state index in [-0.39, 0.29) is 0 Å². The normalized spacial score (nSPS) is 18.0. The number of fused-ring (bicyclic) bond motifs is 4. The van der Waals surface area contributed by atoms with Crippen LogP contribution >= 0.6 is 39.1 Å². The molecule has 10 rings (SSSR count). The molecule has 0 amide bonds. The summed E-state index contributed by atoms with van der Waals surface area (Å²) >= 11 is 15.9. The molecular weight excluding hydrogens is 867 g/mol. The Morgan fingerprint density at radius 1 is 0.656 bits per heavy atom. The van der Waals surface area contributed by atoms with Crippen molar-refractivity contribution >= 4 is 78.0 Å². The zero-order chi connectivity index (χ0) is 42.5. The Labute approximate surface area is 376 Å². The maximum atomic E-state index is 9.12. The SMILES string of the molecule is Cc1cccc2cccc(Br)c12.Cc1cccc2cccc(N3Cc4nc(Cl)nc(N5CCC[C@@H](CC#N)C5)c4C3)c12.N#CC[C@@H]1CCCN(c2nc(Cl)nc3c2CNC3)C1. The number of aryl methyl sites for hydroxylation is 2. The fourth-order valence-electron chi connectivity index (χ4n) is 9.37. The van der Waals surface area contributed by atoms with Gasteiger partial charge in [-0.3, -0.25) is 0 Å².